The van der Waals surface area contributed by atoms with Gasteiger partial charge in [0.1, 0.15) is 4.21 Å². The van der Waals surface area contributed by atoms with Crippen LogP contribution in [0.5, 0.6) is 0 Å². The monoisotopic (exact) mass is 330 g/mol. The fourth-order valence-corrected chi connectivity index (χ4v) is 5.59. The van der Waals surface area contributed by atoms with Crippen molar-refractivity contribution in [1.82, 2.24) is 9.62 Å². The van der Waals surface area contributed by atoms with Crippen molar-refractivity contribution in [3.63, 3.8) is 0 Å². The molecule has 1 atom stereocenters. The molecule has 0 aliphatic carbocycles. The third-order valence-electron chi connectivity index (χ3n) is 3.93. The molecule has 1 N–H and O–H groups in total. The fourth-order valence-electron chi connectivity index (χ4n) is 2.62. The van der Waals surface area contributed by atoms with E-state index in [2.05, 4.69) is 19.2 Å². The number of unbranched alkanes of at least 4 members (excludes halogenated alkanes) is 1. The summed E-state index contributed by atoms with van der Waals surface area (Å²) < 4.78 is 27.9. The molecule has 1 aromatic rings. The molecular formula is C15H26N2O2S2. The first-order valence-corrected chi connectivity index (χ1v) is 10.2. The highest BCUT2D eigenvalue weighted by molar-refractivity contribution is 7.91. The van der Waals surface area contributed by atoms with Gasteiger partial charge in [-0.2, -0.15) is 4.31 Å². The number of nitrogens with zero attached hydrogens (tertiary/aromatic N) is 1. The Morgan fingerprint density at radius 3 is 2.76 bits per heavy atom. The smallest absolute Gasteiger partial charge is 0.252 e. The standard InChI is InChI=1S/C15H26N2O2S2/c1-3-5-11-17(12-13-7-6-10-16-13)21(18,19)15-9-8-14(4-2)20-15/h8-9,13,16H,3-7,10-12H2,1-2H3. The second-order valence-electron chi connectivity index (χ2n) is 5.58. The van der Waals surface area contributed by atoms with Gasteiger partial charge in [0.05, 0.1) is 0 Å². The van der Waals surface area contributed by atoms with Crippen LogP contribution < -0.4 is 5.32 Å². The van der Waals surface area contributed by atoms with E-state index >= 15 is 0 Å². The Bertz CT molecular complexity index is 534. The van der Waals surface area contributed by atoms with Gasteiger partial charge in [0, 0.05) is 24.0 Å². The summed E-state index contributed by atoms with van der Waals surface area (Å²) in [5.41, 5.74) is 0. The van der Waals surface area contributed by atoms with Gasteiger partial charge in [0.25, 0.3) is 10.0 Å². The summed E-state index contributed by atoms with van der Waals surface area (Å²) in [6, 6.07) is 4.01. The van der Waals surface area contributed by atoms with Gasteiger partial charge >= 0.3 is 0 Å². The van der Waals surface area contributed by atoms with Crippen molar-refractivity contribution in [3.8, 4) is 0 Å². The molecule has 0 spiro atoms. The van der Waals surface area contributed by atoms with Crippen LogP contribution >= 0.6 is 11.3 Å². The van der Waals surface area contributed by atoms with Crippen LogP contribution in [0.2, 0.25) is 0 Å². The Hall–Kier alpha value is -0.430. The van der Waals surface area contributed by atoms with Crippen LogP contribution in [0, 0.1) is 0 Å². The SMILES string of the molecule is CCCCN(CC1CCCN1)S(=O)(=O)c1ccc(CC)s1. The molecule has 1 aliphatic rings. The number of hydrogen-bond acceptors (Lipinski definition) is 4. The summed E-state index contributed by atoms with van der Waals surface area (Å²) in [7, 11) is -3.34. The van der Waals surface area contributed by atoms with Crippen LogP contribution in [0.3, 0.4) is 0 Å². The first-order chi connectivity index (χ1) is 10.1. The zero-order chi connectivity index (χ0) is 15.3. The van der Waals surface area contributed by atoms with E-state index in [0.29, 0.717) is 23.3 Å². The molecule has 6 heteroatoms. The summed E-state index contributed by atoms with van der Waals surface area (Å²) >= 11 is 1.41. The lowest BCUT2D eigenvalue weighted by molar-refractivity contribution is 0.365. The number of sulfonamides is 1. The zero-order valence-corrected chi connectivity index (χ0v) is 14.6. The topological polar surface area (TPSA) is 49.4 Å². The molecule has 1 saturated heterocycles. The summed E-state index contributed by atoms with van der Waals surface area (Å²) in [4.78, 5) is 1.13. The molecule has 2 heterocycles. The van der Waals surface area contributed by atoms with E-state index in [-0.39, 0.29) is 0 Å². The van der Waals surface area contributed by atoms with E-state index < -0.39 is 10.0 Å². The Morgan fingerprint density at radius 1 is 1.38 bits per heavy atom. The maximum Gasteiger partial charge on any atom is 0.252 e. The van der Waals surface area contributed by atoms with E-state index in [0.717, 1.165) is 43.5 Å². The predicted octanol–water partition coefficient (Wildman–Crippen LogP) is 2.85. The van der Waals surface area contributed by atoms with E-state index in [1.807, 2.05) is 6.07 Å². The lowest BCUT2D eigenvalue weighted by Gasteiger charge is -2.24. The molecule has 1 unspecified atom stereocenters. The van der Waals surface area contributed by atoms with Crippen LogP contribution in [0.4, 0.5) is 0 Å². The maximum atomic E-state index is 12.9. The summed E-state index contributed by atoms with van der Waals surface area (Å²) in [5, 5.41) is 3.40. The number of nitrogens with one attached hydrogen (secondary N) is 1. The largest absolute Gasteiger partial charge is 0.313 e. The van der Waals surface area contributed by atoms with E-state index in [4.69, 9.17) is 0 Å². The molecule has 1 fully saturated rings. The van der Waals surface area contributed by atoms with Gasteiger partial charge in [-0.15, -0.1) is 11.3 Å². The third-order valence-corrected chi connectivity index (χ3v) is 7.49. The van der Waals surface area contributed by atoms with Crippen molar-refractivity contribution in [2.75, 3.05) is 19.6 Å². The molecule has 2 rings (SSSR count). The summed E-state index contributed by atoms with van der Waals surface area (Å²) in [6.07, 6.45) is 5.03. The molecule has 1 aliphatic heterocycles. The Labute approximate surface area is 132 Å². The molecule has 4 nitrogen and oxygen atoms in total. The van der Waals surface area contributed by atoms with E-state index in [9.17, 15) is 8.42 Å². The van der Waals surface area contributed by atoms with Crippen LogP contribution in [-0.4, -0.2) is 38.4 Å². The predicted molar refractivity (Wildman–Crippen MR) is 88.4 cm³/mol. The Kier molecular flexibility index (Phi) is 6.22. The van der Waals surface area contributed by atoms with Gasteiger partial charge < -0.3 is 5.32 Å². The number of hydrogen-bond donors (Lipinski definition) is 1. The molecule has 0 bridgehead atoms. The molecule has 120 valence electrons. The summed E-state index contributed by atoms with van der Waals surface area (Å²) in [6.45, 7) is 6.38. The van der Waals surface area contributed by atoms with Gasteiger partial charge in [0.2, 0.25) is 0 Å². The minimum atomic E-state index is -3.34. The normalized spacial score (nSPS) is 19.5. The van der Waals surface area contributed by atoms with Crippen LogP contribution in [0.25, 0.3) is 0 Å². The van der Waals surface area contributed by atoms with Crippen molar-refractivity contribution >= 4 is 21.4 Å². The second-order valence-corrected chi connectivity index (χ2v) is 8.92. The molecular weight excluding hydrogens is 304 g/mol. The van der Waals surface area contributed by atoms with Crippen LogP contribution in [0.15, 0.2) is 16.3 Å². The van der Waals surface area contributed by atoms with Crippen molar-refractivity contribution < 1.29 is 8.42 Å². The third kappa shape index (κ3) is 4.28. The molecule has 0 amide bonds. The van der Waals surface area contributed by atoms with Gasteiger partial charge in [-0.3, -0.25) is 0 Å². The second kappa shape index (κ2) is 7.72. The van der Waals surface area contributed by atoms with Gasteiger partial charge in [-0.05, 0) is 44.4 Å². The highest BCUT2D eigenvalue weighted by Crippen LogP contribution is 2.26. The molecule has 0 radical (unpaired) electrons. The van der Waals surface area contributed by atoms with Crippen molar-refractivity contribution in [1.29, 1.82) is 0 Å². The van der Waals surface area contributed by atoms with Crippen molar-refractivity contribution in [2.45, 2.75) is 56.2 Å². The lowest BCUT2D eigenvalue weighted by Crippen LogP contribution is -2.41. The summed E-state index contributed by atoms with van der Waals surface area (Å²) in [5.74, 6) is 0. The molecule has 1 aromatic heterocycles. The molecule has 21 heavy (non-hydrogen) atoms. The first-order valence-electron chi connectivity index (χ1n) is 7.90. The average molecular weight is 331 g/mol. The minimum absolute atomic E-state index is 0.308. The van der Waals surface area contributed by atoms with Crippen LogP contribution in [-0.2, 0) is 16.4 Å². The lowest BCUT2D eigenvalue weighted by atomic mass is 10.2. The minimum Gasteiger partial charge on any atom is -0.313 e. The Balaban J connectivity index is 2.16. The average Bonchev–Trinajstić information content (AvgIpc) is 3.14. The van der Waals surface area contributed by atoms with Gasteiger partial charge in [0.15, 0.2) is 0 Å². The molecule has 0 aromatic carbocycles. The maximum absolute atomic E-state index is 12.9. The van der Waals surface area contributed by atoms with Crippen molar-refractivity contribution in [2.24, 2.45) is 0 Å². The van der Waals surface area contributed by atoms with E-state index in [1.165, 1.54) is 11.3 Å². The highest BCUT2D eigenvalue weighted by atomic mass is 32.2. The Morgan fingerprint density at radius 2 is 2.19 bits per heavy atom. The quantitative estimate of drug-likeness (QED) is 0.797. The number of thiophene rings is 1. The van der Waals surface area contributed by atoms with E-state index in [1.54, 1.807) is 10.4 Å². The highest BCUT2D eigenvalue weighted by Gasteiger charge is 2.29. The zero-order valence-electron chi connectivity index (χ0n) is 13.0. The van der Waals surface area contributed by atoms with Gasteiger partial charge in [-0.25, -0.2) is 8.42 Å². The van der Waals surface area contributed by atoms with Crippen LogP contribution in [0.1, 0.15) is 44.4 Å². The number of rotatable bonds is 8. The molecule has 0 saturated carbocycles. The first kappa shape index (κ1) is 16.9. The number of aryl methyl sites for hydroxylation is 1. The van der Waals surface area contributed by atoms with Gasteiger partial charge in [-0.1, -0.05) is 20.3 Å². The fraction of sp³-hybridized carbons (Fsp3) is 0.733. The van der Waals surface area contributed by atoms with Crippen molar-refractivity contribution in [3.05, 3.63) is 17.0 Å².